The molecular weight excluding hydrogens is 240 g/mol. The number of Topliss-reactive ketones (excluding diaryl/α,β-unsaturated/α-hetero) is 1. The molecule has 0 amide bonds. The summed E-state index contributed by atoms with van der Waals surface area (Å²) in [6.45, 7) is 18.2. The van der Waals surface area contributed by atoms with Crippen LogP contribution in [0, 0.1) is 5.92 Å². The molecule has 0 fully saturated rings. The van der Waals surface area contributed by atoms with Crippen LogP contribution in [-0.2, 0) is 9.22 Å². The van der Waals surface area contributed by atoms with E-state index in [-0.39, 0.29) is 5.92 Å². The van der Waals surface area contributed by atoms with E-state index in [0.29, 0.717) is 35.4 Å². The van der Waals surface area contributed by atoms with Crippen molar-refractivity contribution in [3.05, 3.63) is 0 Å². The van der Waals surface area contributed by atoms with E-state index in [1.165, 1.54) is 0 Å². The molecule has 0 heterocycles. The Morgan fingerprint density at radius 1 is 0.944 bits per heavy atom. The van der Waals surface area contributed by atoms with E-state index < -0.39 is 8.32 Å². The average molecular weight is 273 g/mol. The summed E-state index contributed by atoms with van der Waals surface area (Å²) in [5, 5.41) is 0. The van der Waals surface area contributed by atoms with Gasteiger partial charge in [-0.2, -0.15) is 0 Å². The van der Waals surface area contributed by atoms with Crippen LogP contribution < -0.4 is 0 Å². The lowest BCUT2D eigenvalue weighted by Gasteiger charge is -2.42. The number of hydrogen-bond acceptors (Lipinski definition) is 2. The van der Waals surface area contributed by atoms with E-state index in [9.17, 15) is 4.79 Å². The highest BCUT2D eigenvalue weighted by Gasteiger charge is 2.45. The minimum Gasteiger partial charge on any atom is -0.415 e. The summed E-state index contributed by atoms with van der Waals surface area (Å²) in [6.07, 6.45) is 0.615. The molecule has 0 saturated heterocycles. The first-order valence-corrected chi connectivity index (χ1v) is 9.50. The van der Waals surface area contributed by atoms with Crippen LogP contribution in [0.1, 0.15) is 61.8 Å². The summed E-state index contributed by atoms with van der Waals surface area (Å²) in [6, 6.07) is 0. The van der Waals surface area contributed by atoms with Crippen molar-refractivity contribution in [1.29, 1.82) is 0 Å². The molecule has 0 bridgehead atoms. The Morgan fingerprint density at radius 3 is 1.61 bits per heavy atom. The lowest BCUT2D eigenvalue weighted by atomic mass is 10.1. The molecule has 0 N–H and O–H groups in total. The molecule has 0 rings (SSSR count). The van der Waals surface area contributed by atoms with Gasteiger partial charge >= 0.3 is 0 Å². The molecule has 0 aliphatic carbocycles. The van der Waals surface area contributed by atoms with Gasteiger partial charge in [0.15, 0.2) is 8.32 Å². The number of rotatable bonds is 8. The average Bonchev–Trinajstić information content (AvgIpc) is 2.26. The third-order valence-electron chi connectivity index (χ3n) is 4.19. The minimum absolute atomic E-state index is 0.0399. The van der Waals surface area contributed by atoms with Crippen molar-refractivity contribution in [2.75, 3.05) is 6.61 Å². The van der Waals surface area contributed by atoms with E-state index in [1.807, 2.05) is 13.8 Å². The summed E-state index contributed by atoms with van der Waals surface area (Å²) >= 11 is 0. The molecule has 1 atom stereocenters. The molecule has 0 aromatic carbocycles. The molecule has 0 radical (unpaired) electrons. The van der Waals surface area contributed by atoms with E-state index in [2.05, 4.69) is 41.5 Å². The zero-order valence-electron chi connectivity index (χ0n) is 13.5. The van der Waals surface area contributed by atoms with Crippen molar-refractivity contribution in [3.63, 3.8) is 0 Å². The van der Waals surface area contributed by atoms with Crippen molar-refractivity contribution in [3.8, 4) is 0 Å². The zero-order chi connectivity index (χ0) is 14.5. The fraction of sp³-hybridized carbons (Fsp3) is 0.933. The Morgan fingerprint density at radius 2 is 1.33 bits per heavy atom. The molecule has 0 aliphatic heterocycles. The molecule has 3 heteroatoms. The van der Waals surface area contributed by atoms with Gasteiger partial charge in [-0.1, -0.05) is 55.4 Å². The maximum atomic E-state index is 11.7. The number of carbonyl (C=O) groups excluding carboxylic acids is 1. The van der Waals surface area contributed by atoms with Crippen LogP contribution in [0.3, 0.4) is 0 Å². The molecule has 0 aromatic rings. The highest BCUT2D eigenvalue weighted by Crippen LogP contribution is 2.42. The van der Waals surface area contributed by atoms with E-state index >= 15 is 0 Å². The lowest BCUT2D eigenvalue weighted by Crippen LogP contribution is -2.48. The van der Waals surface area contributed by atoms with Crippen LogP contribution in [0.5, 0.6) is 0 Å². The summed E-state index contributed by atoms with van der Waals surface area (Å²) < 4.78 is 6.42. The lowest BCUT2D eigenvalue weighted by molar-refractivity contribution is -0.123. The van der Waals surface area contributed by atoms with Gasteiger partial charge in [0.1, 0.15) is 5.78 Å². The fourth-order valence-electron chi connectivity index (χ4n) is 3.21. The van der Waals surface area contributed by atoms with E-state index in [4.69, 9.17) is 4.43 Å². The van der Waals surface area contributed by atoms with Gasteiger partial charge < -0.3 is 4.43 Å². The zero-order valence-corrected chi connectivity index (χ0v) is 14.5. The maximum Gasteiger partial charge on any atom is 0.200 e. The van der Waals surface area contributed by atoms with Gasteiger partial charge in [0.2, 0.25) is 0 Å². The third kappa shape index (κ3) is 3.92. The molecule has 2 nitrogen and oxygen atoms in total. The quantitative estimate of drug-likeness (QED) is 0.594. The van der Waals surface area contributed by atoms with Crippen LogP contribution in [0.25, 0.3) is 0 Å². The normalized spacial score (nSPS) is 14.6. The van der Waals surface area contributed by atoms with Gasteiger partial charge in [0, 0.05) is 18.9 Å². The second kappa shape index (κ2) is 7.44. The standard InChI is InChI=1S/C15H32O2Si/c1-9-15(16)14(8)10-17-18(11(2)3,12(4)5)13(6)7/h11-14H,9-10H2,1-8H3. The minimum atomic E-state index is -1.80. The van der Waals surface area contributed by atoms with Gasteiger partial charge in [-0.25, -0.2) is 0 Å². The van der Waals surface area contributed by atoms with Gasteiger partial charge in [-0.3, -0.25) is 4.79 Å². The van der Waals surface area contributed by atoms with Crippen molar-refractivity contribution < 1.29 is 9.22 Å². The van der Waals surface area contributed by atoms with Crippen LogP contribution in [0.2, 0.25) is 16.6 Å². The van der Waals surface area contributed by atoms with Gasteiger partial charge in [-0.15, -0.1) is 0 Å². The summed E-state index contributed by atoms with van der Waals surface area (Å²) in [4.78, 5) is 11.7. The highest BCUT2D eigenvalue weighted by molar-refractivity contribution is 6.77. The fourth-order valence-corrected chi connectivity index (χ4v) is 8.75. The Kier molecular flexibility index (Phi) is 7.38. The Hall–Kier alpha value is -0.153. The molecule has 0 aromatic heterocycles. The Bertz CT molecular complexity index is 237. The van der Waals surface area contributed by atoms with Gasteiger partial charge in [-0.05, 0) is 16.6 Å². The third-order valence-corrected chi connectivity index (χ3v) is 10.3. The van der Waals surface area contributed by atoms with E-state index in [1.54, 1.807) is 0 Å². The largest absolute Gasteiger partial charge is 0.415 e. The molecular formula is C15H32O2Si. The Labute approximate surface area is 115 Å². The number of carbonyl (C=O) groups is 1. The molecule has 0 spiro atoms. The van der Waals surface area contributed by atoms with Gasteiger partial charge in [0.05, 0.1) is 0 Å². The van der Waals surface area contributed by atoms with Crippen molar-refractivity contribution >= 4 is 14.1 Å². The SMILES string of the molecule is CCC(=O)C(C)CO[Si](C(C)C)(C(C)C)C(C)C. The van der Waals surface area contributed by atoms with Crippen LogP contribution in [0.4, 0.5) is 0 Å². The molecule has 18 heavy (non-hydrogen) atoms. The van der Waals surface area contributed by atoms with Gasteiger partial charge in [0.25, 0.3) is 0 Å². The van der Waals surface area contributed by atoms with Crippen LogP contribution in [-0.4, -0.2) is 20.7 Å². The number of hydrogen-bond donors (Lipinski definition) is 0. The van der Waals surface area contributed by atoms with Crippen LogP contribution >= 0.6 is 0 Å². The first-order valence-electron chi connectivity index (χ1n) is 7.36. The molecule has 0 aliphatic rings. The van der Waals surface area contributed by atoms with Crippen molar-refractivity contribution in [2.24, 2.45) is 5.92 Å². The predicted molar refractivity (Wildman–Crippen MR) is 81.5 cm³/mol. The summed E-state index contributed by atoms with van der Waals surface area (Å²) in [7, 11) is -1.80. The Balaban J connectivity index is 4.86. The molecule has 1 unspecified atom stereocenters. The van der Waals surface area contributed by atoms with Crippen molar-refractivity contribution in [1.82, 2.24) is 0 Å². The first kappa shape index (κ1) is 17.8. The topological polar surface area (TPSA) is 26.3 Å². The highest BCUT2D eigenvalue weighted by atomic mass is 28.4. The number of ketones is 1. The molecule has 0 saturated carbocycles. The smallest absolute Gasteiger partial charge is 0.200 e. The first-order chi connectivity index (χ1) is 8.20. The second-order valence-corrected chi connectivity index (χ2v) is 11.8. The monoisotopic (exact) mass is 272 g/mol. The molecule has 108 valence electrons. The van der Waals surface area contributed by atoms with Crippen molar-refractivity contribution in [2.45, 2.75) is 78.4 Å². The maximum absolute atomic E-state index is 11.7. The second-order valence-electron chi connectivity index (χ2n) is 6.35. The summed E-state index contributed by atoms with van der Waals surface area (Å²) in [5.74, 6) is 0.354. The van der Waals surface area contributed by atoms with E-state index in [0.717, 1.165) is 0 Å². The van der Waals surface area contributed by atoms with Crippen LogP contribution in [0.15, 0.2) is 0 Å². The summed E-state index contributed by atoms with van der Waals surface area (Å²) in [5.41, 5.74) is 1.75. The predicted octanol–water partition coefficient (Wildman–Crippen LogP) is 4.79.